The van der Waals surface area contributed by atoms with Crippen LogP contribution in [0.5, 0.6) is 0 Å². The van der Waals surface area contributed by atoms with E-state index in [9.17, 15) is 9.59 Å². The van der Waals surface area contributed by atoms with E-state index in [2.05, 4.69) is 4.98 Å². The summed E-state index contributed by atoms with van der Waals surface area (Å²) in [6, 6.07) is 11.2. The van der Waals surface area contributed by atoms with Crippen molar-refractivity contribution in [2.24, 2.45) is 0 Å². The second kappa shape index (κ2) is 5.77. The highest BCUT2D eigenvalue weighted by molar-refractivity contribution is 8.19. The van der Waals surface area contributed by atoms with Crippen molar-refractivity contribution in [2.75, 3.05) is 4.90 Å². The number of amides is 2. The first-order valence-electron chi connectivity index (χ1n) is 6.82. The first kappa shape index (κ1) is 14.5. The van der Waals surface area contributed by atoms with Crippen LogP contribution in [0.15, 0.2) is 47.5 Å². The van der Waals surface area contributed by atoms with Crippen LogP contribution in [0.25, 0.3) is 6.08 Å². The summed E-state index contributed by atoms with van der Waals surface area (Å²) in [4.78, 5) is 30.6. The van der Waals surface area contributed by atoms with Crippen LogP contribution < -0.4 is 4.90 Å². The highest BCUT2D eigenvalue weighted by atomic mass is 32.2. The molecule has 2 heterocycles. The van der Waals surface area contributed by atoms with Gasteiger partial charge in [-0.2, -0.15) is 0 Å². The summed E-state index contributed by atoms with van der Waals surface area (Å²) >= 11 is 0.945. The van der Waals surface area contributed by atoms with Crippen molar-refractivity contribution < 1.29 is 9.59 Å². The van der Waals surface area contributed by atoms with Gasteiger partial charge in [0.25, 0.3) is 11.1 Å². The third kappa shape index (κ3) is 2.67. The maximum absolute atomic E-state index is 12.6. The molecule has 22 heavy (non-hydrogen) atoms. The van der Waals surface area contributed by atoms with E-state index in [0.29, 0.717) is 16.3 Å². The van der Waals surface area contributed by atoms with E-state index >= 15 is 0 Å². The van der Waals surface area contributed by atoms with Crippen molar-refractivity contribution in [1.82, 2.24) is 4.98 Å². The molecule has 1 aliphatic rings. The van der Waals surface area contributed by atoms with E-state index in [-0.39, 0.29) is 11.1 Å². The number of hydrogen-bond donors (Lipinski definition) is 0. The van der Waals surface area contributed by atoms with Gasteiger partial charge in [0.1, 0.15) is 0 Å². The molecule has 0 bridgehead atoms. The molecule has 0 spiro atoms. The lowest BCUT2D eigenvalue weighted by atomic mass is 10.1. The third-order valence-electron chi connectivity index (χ3n) is 3.37. The van der Waals surface area contributed by atoms with Crippen molar-refractivity contribution in [2.45, 2.75) is 13.8 Å². The van der Waals surface area contributed by atoms with Gasteiger partial charge in [-0.15, -0.1) is 0 Å². The fourth-order valence-electron chi connectivity index (χ4n) is 2.23. The molecule has 0 unspecified atom stereocenters. The molecule has 0 N–H and O–H groups in total. The second-order valence-corrected chi connectivity index (χ2v) is 6.05. The molecule has 1 fully saturated rings. The Labute approximate surface area is 132 Å². The van der Waals surface area contributed by atoms with Crippen LogP contribution >= 0.6 is 11.8 Å². The maximum Gasteiger partial charge on any atom is 0.298 e. The average Bonchev–Trinajstić information content (AvgIpc) is 2.77. The number of thioether (sulfide) groups is 1. The lowest BCUT2D eigenvalue weighted by Gasteiger charge is -2.15. The zero-order chi connectivity index (χ0) is 15.7. The molecule has 2 aromatic rings. The molecule has 0 aliphatic carbocycles. The van der Waals surface area contributed by atoms with Crippen molar-refractivity contribution in [3.63, 3.8) is 0 Å². The summed E-state index contributed by atoms with van der Waals surface area (Å²) in [7, 11) is 0. The summed E-state index contributed by atoms with van der Waals surface area (Å²) in [5.74, 6) is -0.297. The number of aryl methyl sites for hydroxylation is 2. The normalized spacial score (nSPS) is 16.6. The summed E-state index contributed by atoms with van der Waals surface area (Å²) in [5.41, 5.74) is 3.21. The minimum Gasteiger partial charge on any atom is -0.268 e. The van der Waals surface area contributed by atoms with Crippen molar-refractivity contribution in [3.05, 3.63) is 64.3 Å². The van der Waals surface area contributed by atoms with Gasteiger partial charge >= 0.3 is 0 Å². The lowest BCUT2D eigenvalue weighted by molar-refractivity contribution is -0.113. The third-order valence-corrected chi connectivity index (χ3v) is 4.24. The minimum absolute atomic E-state index is 0.277. The molecule has 1 saturated heterocycles. The first-order chi connectivity index (χ1) is 10.6. The fourth-order valence-corrected chi connectivity index (χ4v) is 3.05. The van der Waals surface area contributed by atoms with E-state index in [4.69, 9.17) is 0 Å². The molecule has 1 aliphatic heterocycles. The van der Waals surface area contributed by atoms with Crippen LogP contribution in [0.2, 0.25) is 0 Å². The number of nitrogens with zero attached hydrogens (tertiary/aromatic N) is 2. The van der Waals surface area contributed by atoms with Gasteiger partial charge in [0.2, 0.25) is 0 Å². The second-order valence-electron chi connectivity index (χ2n) is 5.06. The fraction of sp³-hybridized carbons (Fsp3) is 0.118. The molecule has 0 saturated carbocycles. The van der Waals surface area contributed by atoms with Gasteiger partial charge in [-0.3, -0.25) is 14.6 Å². The van der Waals surface area contributed by atoms with Crippen LogP contribution in [0.1, 0.15) is 16.8 Å². The average molecular weight is 310 g/mol. The number of anilines is 1. The quantitative estimate of drug-likeness (QED) is 0.788. The van der Waals surface area contributed by atoms with E-state index in [1.807, 2.05) is 38.1 Å². The largest absolute Gasteiger partial charge is 0.298 e. The van der Waals surface area contributed by atoms with Crippen molar-refractivity contribution >= 4 is 34.7 Å². The SMILES string of the molecule is Cc1ccc(C)c(N2C(=O)S/C(=C\c3ccccn3)C2=O)c1. The van der Waals surface area contributed by atoms with E-state index in [1.54, 1.807) is 24.4 Å². The molecule has 3 rings (SSSR count). The minimum atomic E-state index is -0.297. The van der Waals surface area contributed by atoms with E-state index in [0.717, 1.165) is 22.9 Å². The number of pyridine rings is 1. The Morgan fingerprint density at radius 2 is 1.95 bits per heavy atom. The van der Waals surface area contributed by atoms with E-state index in [1.165, 1.54) is 4.90 Å². The number of aromatic nitrogens is 1. The van der Waals surface area contributed by atoms with Gasteiger partial charge in [-0.05, 0) is 61.0 Å². The van der Waals surface area contributed by atoms with Crippen LogP contribution in [-0.2, 0) is 4.79 Å². The molecule has 0 atom stereocenters. The highest BCUT2D eigenvalue weighted by Crippen LogP contribution is 2.37. The summed E-state index contributed by atoms with van der Waals surface area (Å²) < 4.78 is 0. The molecule has 1 aromatic carbocycles. The molecular formula is C17H14N2O2S. The summed E-state index contributed by atoms with van der Waals surface area (Å²) in [5, 5.41) is -0.277. The maximum atomic E-state index is 12.6. The Balaban J connectivity index is 1.99. The van der Waals surface area contributed by atoms with Crippen molar-refractivity contribution in [3.8, 4) is 0 Å². The number of benzene rings is 1. The standard InChI is InChI=1S/C17H14N2O2S/c1-11-6-7-12(2)14(9-11)19-16(20)15(22-17(19)21)10-13-5-3-4-8-18-13/h3-10H,1-2H3/b15-10-. The monoisotopic (exact) mass is 310 g/mol. The van der Waals surface area contributed by atoms with Gasteiger partial charge in [0, 0.05) is 6.20 Å². The molecule has 110 valence electrons. The smallest absolute Gasteiger partial charge is 0.268 e. The van der Waals surface area contributed by atoms with Gasteiger partial charge in [-0.25, -0.2) is 4.90 Å². The van der Waals surface area contributed by atoms with Crippen LogP contribution in [0.4, 0.5) is 10.5 Å². The van der Waals surface area contributed by atoms with Crippen LogP contribution in [0.3, 0.4) is 0 Å². The molecule has 5 heteroatoms. The molecule has 1 aromatic heterocycles. The van der Waals surface area contributed by atoms with Crippen molar-refractivity contribution in [1.29, 1.82) is 0 Å². The van der Waals surface area contributed by atoms with Crippen LogP contribution in [0, 0.1) is 13.8 Å². The molecule has 0 radical (unpaired) electrons. The molecular weight excluding hydrogens is 296 g/mol. The number of hydrogen-bond acceptors (Lipinski definition) is 4. The van der Waals surface area contributed by atoms with Gasteiger partial charge in [0.05, 0.1) is 16.3 Å². The highest BCUT2D eigenvalue weighted by Gasteiger charge is 2.37. The zero-order valence-corrected chi connectivity index (χ0v) is 13.1. The number of imide groups is 1. The Morgan fingerprint density at radius 1 is 1.14 bits per heavy atom. The van der Waals surface area contributed by atoms with Gasteiger partial charge < -0.3 is 0 Å². The zero-order valence-electron chi connectivity index (χ0n) is 12.2. The van der Waals surface area contributed by atoms with Crippen LogP contribution in [-0.4, -0.2) is 16.1 Å². The summed E-state index contributed by atoms with van der Waals surface area (Å²) in [6.07, 6.45) is 3.30. The molecule has 4 nitrogen and oxygen atoms in total. The predicted molar refractivity (Wildman–Crippen MR) is 88.6 cm³/mol. The van der Waals surface area contributed by atoms with Gasteiger partial charge in [-0.1, -0.05) is 18.2 Å². The Bertz CT molecular complexity index is 785. The molecule has 2 amide bonds. The number of rotatable bonds is 2. The first-order valence-corrected chi connectivity index (χ1v) is 7.64. The Kier molecular flexibility index (Phi) is 3.81. The number of carbonyl (C=O) groups is 2. The number of carbonyl (C=O) groups excluding carboxylic acids is 2. The lowest BCUT2D eigenvalue weighted by Crippen LogP contribution is -2.28. The Hall–Kier alpha value is -2.40. The van der Waals surface area contributed by atoms with Gasteiger partial charge in [0.15, 0.2) is 0 Å². The summed E-state index contributed by atoms with van der Waals surface area (Å²) in [6.45, 7) is 3.83. The predicted octanol–water partition coefficient (Wildman–Crippen LogP) is 3.94. The Morgan fingerprint density at radius 3 is 2.68 bits per heavy atom. The topological polar surface area (TPSA) is 50.3 Å². The van der Waals surface area contributed by atoms with E-state index < -0.39 is 0 Å².